The Morgan fingerprint density at radius 3 is 2.55 bits per heavy atom. The first-order valence-corrected chi connectivity index (χ1v) is 8.59. The standard InChI is InChI=1S/C15H24N4O2S/c1-6-10(4)22-15-16-12-11(19(15)8-7-9(2)3)13(20)17-14(21)18(12)5/h9-10H,6-8H2,1-5H3,(H,17,20,21)/t10-/m0/s1. The van der Waals surface area contributed by atoms with E-state index in [1.807, 2.05) is 4.57 Å². The zero-order valence-corrected chi connectivity index (χ0v) is 14.7. The molecule has 0 spiro atoms. The number of thioether (sulfide) groups is 1. The van der Waals surface area contributed by atoms with E-state index in [1.54, 1.807) is 18.8 Å². The molecule has 0 aliphatic heterocycles. The molecular weight excluding hydrogens is 300 g/mol. The molecule has 22 heavy (non-hydrogen) atoms. The summed E-state index contributed by atoms with van der Waals surface area (Å²) in [6, 6.07) is 0. The fourth-order valence-electron chi connectivity index (χ4n) is 2.16. The summed E-state index contributed by atoms with van der Waals surface area (Å²) < 4.78 is 3.37. The van der Waals surface area contributed by atoms with Crippen molar-refractivity contribution in [1.82, 2.24) is 19.1 Å². The van der Waals surface area contributed by atoms with Gasteiger partial charge in [0.2, 0.25) is 0 Å². The largest absolute Gasteiger partial charge is 0.329 e. The van der Waals surface area contributed by atoms with Gasteiger partial charge in [-0.25, -0.2) is 9.78 Å². The second-order valence-corrected chi connectivity index (χ2v) is 7.46. The monoisotopic (exact) mass is 324 g/mol. The molecule has 0 unspecified atom stereocenters. The summed E-state index contributed by atoms with van der Waals surface area (Å²) in [4.78, 5) is 31.0. The number of aryl methyl sites for hydroxylation is 2. The van der Waals surface area contributed by atoms with Crippen LogP contribution in [0.3, 0.4) is 0 Å². The normalized spacial score (nSPS) is 13.2. The van der Waals surface area contributed by atoms with Crippen LogP contribution in [0.2, 0.25) is 0 Å². The van der Waals surface area contributed by atoms with Crippen LogP contribution in [-0.4, -0.2) is 24.4 Å². The summed E-state index contributed by atoms with van der Waals surface area (Å²) in [5.74, 6) is 0.533. The summed E-state index contributed by atoms with van der Waals surface area (Å²) in [6.07, 6.45) is 1.98. The Hall–Kier alpha value is -1.50. The molecule has 0 bridgehead atoms. The van der Waals surface area contributed by atoms with Crippen LogP contribution in [0, 0.1) is 5.92 Å². The Labute approximate surface area is 133 Å². The van der Waals surface area contributed by atoms with E-state index in [9.17, 15) is 9.59 Å². The molecule has 2 heterocycles. The van der Waals surface area contributed by atoms with E-state index < -0.39 is 5.69 Å². The van der Waals surface area contributed by atoms with Gasteiger partial charge < -0.3 is 4.57 Å². The molecule has 0 saturated heterocycles. The second-order valence-electron chi connectivity index (χ2n) is 6.06. The maximum absolute atomic E-state index is 12.2. The molecule has 0 fully saturated rings. The molecule has 0 aromatic carbocycles. The SMILES string of the molecule is CC[C@H](C)Sc1nc2c(c(=O)[nH]c(=O)n2C)n1CCC(C)C. The van der Waals surface area contributed by atoms with Gasteiger partial charge in [0.15, 0.2) is 16.3 Å². The minimum Gasteiger partial charge on any atom is -0.313 e. The van der Waals surface area contributed by atoms with E-state index in [1.165, 1.54) is 4.57 Å². The first-order chi connectivity index (χ1) is 10.3. The highest BCUT2D eigenvalue weighted by Gasteiger charge is 2.19. The van der Waals surface area contributed by atoms with Gasteiger partial charge in [-0.1, -0.05) is 39.5 Å². The highest BCUT2D eigenvalue weighted by Crippen LogP contribution is 2.27. The van der Waals surface area contributed by atoms with E-state index in [-0.39, 0.29) is 5.56 Å². The Morgan fingerprint density at radius 2 is 1.95 bits per heavy atom. The third-order valence-corrected chi connectivity index (χ3v) is 5.04. The van der Waals surface area contributed by atoms with Gasteiger partial charge in [-0.2, -0.15) is 0 Å². The van der Waals surface area contributed by atoms with Crippen molar-refractivity contribution in [2.24, 2.45) is 13.0 Å². The average molecular weight is 324 g/mol. The summed E-state index contributed by atoms with van der Waals surface area (Å²) in [7, 11) is 1.64. The predicted octanol–water partition coefficient (Wildman–Crippen LogP) is 2.36. The molecule has 2 aromatic rings. The van der Waals surface area contributed by atoms with E-state index in [2.05, 4.69) is 37.7 Å². The Balaban J connectivity index is 2.63. The molecule has 1 N–H and O–H groups in total. The average Bonchev–Trinajstić information content (AvgIpc) is 2.81. The van der Waals surface area contributed by atoms with Crippen LogP contribution in [0.15, 0.2) is 14.7 Å². The number of aromatic nitrogens is 4. The topological polar surface area (TPSA) is 72.7 Å². The van der Waals surface area contributed by atoms with E-state index in [4.69, 9.17) is 0 Å². The molecule has 6 nitrogen and oxygen atoms in total. The maximum atomic E-state index is 12.2. The lowest BCUT2D eigenvalue weighted by Gasteiger charge is -2.12. The van der Waals surface area contributed by atoms with Gasteiger partial charge in [-0.3, -0.25) is 14.3 Å². The Bertz CT molecular complexity index is 772. The molecule has 0 aliphatic rings. The fraction of sp³-hybridized carbons (Fsp3) is 0.667. The zero-order valence-electron chi connectivity index (χ0n) is 13.8. The summed E-state index contributed by atoms with van der Waals surface area (Å²) in [6.45, 7) is 9.30. The van der Waals surface area contributed by atoms with Gasteiger partial charge in [0.05, 0.1) is 0 Å². The first kappa shape index (κ1) is 16.9. The number of H-pyrrole nitrogens is 1. The molecule has 2 rings (SSSR count). The number of nitrogens with one attached hydrogen (secondary N) is 1. The zero-order chi connectivity index (χ0) is 16.4. The van der Waals surface area contributed by atoms with E-state index in [0.717, 1.165) is 24.5 Å². The van der Waals surface area contributed by atoms with Crippen molar-refractivity contribution < 1.29 is 0 Å². The molecule has 0 amide bonds. The van der Waals surface area contributed by atoms with Crippen molar-refractivity contribution in [3.63, 3.8) is 0 Å². The first-order valence-electron chi connectivity index (χ1n) is 7.71. The molecule has 2 aromatic heterocycles. The van der Waals surface area contributed by atoms with Gasteiger partial charge in [-0.15, -0.1) is 0 Å². The van der Waals surface area contributed by atoms with Crippen molar-refractivity contribution in [2.75, 3.05) is 0 Å². The van der Waals surface area contributed by atoms with Gasteiger partial charge >= 0.3 is 5.69 Å². The highest BCUT2D eigenvalue weighted by atomic mass is 32.2. The molecule has 122 valence electrons. The number of imidazole rings is 1. The number of rotatable bonds is 6. The van der Waals surface area contributed by atoms with E-state index >= 15 is 0 Å². The molecule has 1 atom stereocenters. The van der Waals surface area contributed by atoms with Crippen molar-refractivity contribution >= 4 is 22.9 Å². The van der Waals surface area contributed by atoms with Crippen LogP contribution >= 0.6 is 11.8 Å². The molecular formula is C15H24N4O2S. The predicted molar refractivity (Wildman–Crippen MR) is 90.7 cm³/mol. The van der Waals surface area contributed by atoms with Crippen LogP contribution in [0.4, 0.5) is 0 Å². The lowest BCUT2D eigenvalue weighted by atomic mass is 10.1. The number of hydrogen-bond donors (Lipinski definition) is 1. The third kappa shape index (κ3) is 3.29. The number of nitrogens with zero attached hydrogens (tertiary/aromatic N) is 3. The number of hydrogen-bond acceptors (Lipinski definition) is 4. The summed E-state index contributed by atoms with van der Waals surface area (Å²) in [5.41, 5.74) is 0.174. The lowest BCUT2D eigenvalue weighted by Crippen LogP contribution is -2.29. The smallest absolute Gasteiger partial charge is 0.313 e. The van der Waals surface area contributed by atoms with Crippen LogP contribution < -0.4 is 11.2 Å². The third-order valence-electron chi connectivity index (χ3n) is 3.78. The number of aromatic amines is 1. The Morgan fingerprint density at radius 1 is 1.27 bits per heavy atom. The van der Waals surface area contributed by atoms with Gasteiger partial charge in [0.1, 0.15) is 0 Å². The fourth-order valence-corrected chi connectivity index (χ4v) is 3.14. The van der Waals surface area contributed by atoms with Gasteiger partial charge in [0.25, 0.3) is 5.56 Å². The van der Waals surface area contributed by atoms with Gasteiger partial charge in [0, 0.05) is 18.8 Å². The van der Waals surface area contributed by atoms with Crippen molar-refractivity contribution in [3.05, 3.63) is 20.8 Å². The minimum absolute atomic E-state index is 0.356. The quantitative estimate of drug-likeness (QED) is 0.828. The minimum atomic E-state index is -0.425. The van der Waals surface area contributed by atoms with Gasteiger partial charge in [-0.05, 0) is 18.8 Å². The summed E-state index contributed by atoms with van der Waals surface area (Å²) >= 11 is 1.65. The van der Waals surface area contributed by atoms with Crippen LogP contribution in [-0.2, 0) is 13.6 Å². The molecule has 0 radical (unpaired) electrons. The molecule has 0 saturated carbocycles. The summed E-state index contributed by atoms with van der Waals surface area (Å²) in [5, 5.41) is 1.22. The van der Waals surface area contributed by atoms with E-state index in [0.29, 0.717) is 22.3 Å². The maximum Gasteiger partial charge on any atom is 0.329 e. The number of fused-ring (bicyclic) bond motifs is 1. The van der Waals surface area contributed by atoms with Crippen LogP contribution in [0.1, 0.15) is 40.5 Å². The molecule has 0 aliphatic carbocycles. The van der Waals surface area contributed by atoms with Crippen LogP contribution in [0.5, 0.6) is 0 Å². The van der Waals surface area contributed by atoms with Crippen molar-refractivity contribution in [2.45, 2.75) is 57.5 Å². The Kier molecular flexibility index (Phi) is 5.16. The van der Waals surface area contributed by atoms with Crippen molar-refractivity contribution in [3.8, 4) is 0 Å². The highest BCUT2D eigenvalue weighted by molar-refractivity contribution is 7.99. The lowest BCUT2D eigenvalue weighted by molar-refractivity contribution is 0.502. The molecule has 7 heteroatoms. The second kappa shape index (κ2) is 6.73. The van der Waals surface area contributed by atoms with Crippen molar-refractivity contribution in [1.29, 1.82) is 0 Å². The van der Waals surface area contributed by atoms with Crippen LogP contribution in [0.25, 0.3) is 11.2 Å².